The molecule has 0 bridgehead atoms. The van der Waals surface area contributed by atoms with E-state index in [0.717, 1.165) is 5.56 Å². The minimum Gasteiger partial charge on any atom is -0.508 e. The van der Waals surface area contributed by atoms with Crippen molar-refractivity contribution in [2.24, 2.45) is 0 Å². The second-order valence-electron chi connectivity index (χ2n) is 6.07. The monoisotopic (exact) mass is 234 g/mol. The summed E-state index contributed by atoms with van der Waals surface area (Å²) in [6, 6.07) is 3.23. The van der Waals surface area contributed by atoms with Crippen molar-refractivity contribution in [3.63, 3.8) is 0 Å². The molecular weight excluding hydrogens is 212 g/mol. The largest absolute Gasteiger partial charge is 0.508 e. The summed E-state index contributed by atoms with van der Waals surface area (Å²) >= 11 is 0. The maximum atomic E-state index is 10.4. The van der Waals surface area contributed by atoms with Gasteiger partial charge in [-0.25, -0.2) is 0 Å². The first-order chi connectivity index (χ1) is 7.59. The van der Waals surface area contributed by atoms with Crippen molar-refractivity contribution >= 4 is 0 Å². The molecule has 1 aromatic rings. The standard InChI is InChI=1S/C15H22O2/c1-7-15(5,6)12-9-10(16)8-11(13(12)17)14(2,3)4/h7-9,16-17H,1H2,2-6H3. The average molecular weight is 234 g/mol. The minimum atomic E-state index is -0.372. The van der Waals surface area contributed by atoms with Crippen molar-refractivity contribution in [3.05, 3.63) is 35.9 Å². The first kappa shape index (κ1) is 13.6. The topological polar surface area (TPSA) is 40.5 Å². The van der Waals surface area contributed by atoms with Gasteiger partial charge in [-0.3, -0.25) is 0 Å². The molecule has 0 aliphatic rings. The van der Waals surface area contributed by atoms with E-state index >= 15 is 0 Å². The van der Waals surface area contributed by atoms with Gasteiger partial charge in [0.25, 0.3) is 0 Å². The van der Waals surface area contributed by atoms with E-state index in [1.54, 1.807) is 18.2 Å². The lowest BCUT2D eigenvalue weighted by Gasteiger charge is -2.27. The molecule has 0 atom stereocenters. The molecule has 0 aliphatic carbocycles. The smallest absolute Gasteiger partial charge is 0.123 e. The highest BCUT2D eigenvalue weighted by molar-refractivity contribution is 5.52. The number of benzene rings is 1. The highest BCUT2D eigenvalue weighted by Gasteiger charge is 2.27. The molecule has 0 saturated carbocycles. The van der Waals surface area contributed by atoms with Gasteiger partial charge in [-0.15, -0.1) is 6.58 Å². The summed E-state index contributed by atoms with van der Waals surface area (Å²) in [5, 5.41) is 20.2. The lowest BCUT2D eigenvalue weighted by molar-refractivity contribution is 0.419. The lowest BCUT2D eigenvalue weighted by Crippen LogP contribution is -2.17. The molecule has 0 aromatic heterocycles. The van der Waals surface area contributed by atoms with Gasteiger partial charge in [0, 0.05) is 16.5 Å². The fourth-order valence-corrected chi connectivity index (χ4v) is 1.79. The molecule has 0 aliphatic heterocycles. The van der Waals surface area contributed by atoms with E-state index in [-0.39, 0.29) is 22.3 Å². The van der Waals surface area contributed by atoms with Gasteiger partial charge in [-0.2, -0.15) is 0 Å². The van der Waals surface area contributed by atoms with Gasteiger partial charge < -0.3 is 10.2 Å². The third-order valence-corrected chi connectivity index (χ3v) is 3.11. The number of rotatable bonds is 2. The van der Waals surface area contributed by atoms with E-state index in [4.69, 9.17) is 0 Å². The quantitative estimate of drug-likeness (QED) is 0.602. The summed E-state index contributed by atoms with van der Waals surface area (Å²) in [5.74, 6) is 0.429. The second-order valence-corrected chi connectivity index (χ2v) is 6.07. The van der Waals surface area contributed by atoms with Gasteiger partial charge in [0.05, 0.1) is 0 Å². The lowest BCUT2D eigenvalue weighted by atomic mass is 9.78. The minimum absolute atomic E-state index is 0.178. The highest BCUT2D eigenvalue weighted by atomic mass is 16.3. The molecule has 0 heterocycles. The van der Waals surface area contributed by atoms with E-state index in [0.29, 0.717) is 5.56 Å². The number of allylic oxidation sites excluding steroid dienone is 1. The van der Waals surface area contributed by atoms with Crippen molar-refractivity contribution in [1.29, 1.82) is 0 Å². The third-order valence-electron chi connectivity index (χ3n) is 3.11. The first-order valence-corrected chi connectivity index (χ1v) is 5.80. The Bertz CT molecular complexity index is 437. The van der Waals surface area contributed by atoms with Crippen LogP contribution in [0.2, 0.25) is 0 Å². The molecule has 0 amide bonds. The van der Waals surface area contributed by atoms with Gasteiger partial charge in [0.2, 0.25) is 0 Å². The van der Waals surface area contributed by atoms with Gasteiger partial charge >= 0.3 is 0 Å². The predicted molar refractivity (Wildman–Crippen MR) is 71.7 cm³/mol. The normalized spacial score (nSPS) is 12.5. The number of hydrogen-bond donors (Lipinski definition) is 2. The first-order valence-electron chi connectivity index (χ1n) is 5.80. The van der Waals surface area contributed by atoms with Crippen LogP contribution in [0.4, 0.5) is 0 Å². The molecule has 2 heteroatoms. The van der Waals surface area contributed by atoms with E-state index in [1.165, 1.54) is 0 Å². The second kappa shape index (κ2) is 4.10. The number of aromatic hydroxyl groups is 2. The van der Waals surface area contributed by atoms with Crippen molar-refractivity contribution in [3.8, 4) is 11.5 Å². The fourth-order valence-electron chi connectivity index (χ4n) is 1.79. The van der Waals surface area contributed by atoms with Gasteiger partial charge in [0.1, 0.15) is 11.5 Å². The SMILES string of the molecule is C=CC(C)(C)c1cc(O)cc(C(C)(C)C)c1O. The van der Waals surface area contributed by atoms with Crippen LogP contribution in [0.1, 0.15) is 45.7 Å². The van der Waals surface area contributed by atoms with Crippen LogP contribution < -0.4 is 0 Å². The maximum Gasteiger partial charge on any atom is 0.123 e. The Kier molecular flexibility index (Phi) is 3.28. The van der Waals surface area contributed by atoms with Crippen molar-refractivity contribution in [2.45, 2.75) is 45.4 Å². The van der Waals surface area contributed by atoms with Crippen LogP contribution >= 0.6 is 0 Å². The zero-order valence-corrected chi connectivity index (χ0v) is 11.3. The van der Waals surface area contributed by atoms with E-state index in [2.05, 4.69) is 6.58 Å². The summed E-state index contributed by atoms with van der Waals surface area (Å²) in [4.78, 5) is 0. The van der Waals surface area contributed by atoms with E-state index in [9.17, 15) is 10.2 Å². The van der Waals surface area contributed by atoms with E-state index in [1.807, 2.05) is 34.6 Å². The highest BCUT2D eigenvalue weighted by Crippen LogP contribution is 2.41. The van der Waals surface area contributed by atoms with Crippen molar-refractivity contribution < 1.29 is 10.2 Å². The summed E-state index contributed by atoms with van der Waals surface area (Å²) in [7, 11) is 0. The van der Waals surface area contributed by atoms with Gasteiger partial charge in [-0.1, -0.05) is 40.7 Å². The predicted octanol–water partition coefficient (Wildman–Crippen LogP) is 3.86. The Labute approximate surface area is 104 Å². The van der Waals surface area contributed by atoms with Crippen LogP contribution in [0.15, 0.2) is 24.8 Å². The zero-order valence-electron chi connectivity index (χ0n) is 11.3. The van der Waals surface area contributed by atoms with Crippen LogP contribution in [0.5, 0.6) is 11.5 Å². The molecule has 0 saturated heterocycles. The van der Waals surface area contributed by atoms with Crippen LogP contribution in [-0.2, 0) is 10.8 Å². The number of hydrogen-bond acceptors (Lipinski definition) is 2. The summed E-state index contributed by atoms with van der Waals surface area (Å²) in [5.41, 5.74) is 0.873. The average Bonchev–Trinajstić information content (AvgIpc) is 2.19. The van der Waals surface area contributed by atoms with Gasteiger partial charge in [0.15, 0.2) is 0 Å². The molecule has 1 rings (SSSR count). The Hall–Kier alpha value is -1.44. The summed E-state index contributed by atoms with van der Waals surface area (Å²) in [6.07, 6.45) is 1.77. The van der Waals surface area contributed by atoms with Gasteiger partial charge in [-0.05, 0) is 17.5 Å². The Morgan fingerprint density at radius 2 is 1.47 bits per heavy atom. The zero-order chi connectivity index (χ0) is 13.4. The summed E-state index contributed by atoms with van der Waals surface area (Å²) in [6.45, 7) is 13.7. The molecule has 2 N–H and O–H groups in total. The summed E-state index contributed by atoms with van der Waals surface area (Å²) < 4.78 is 0. The number of phenols is 2. The Balaban J connectivity index is 3.55. The maximum absolute atomic E-state index is 10.4. The molecule has 94 valence electrons. The molecule has 1 aromatic carbocycles. The van der Waals surface area contributed by atoms with Crippen LogP contribution in [-0.4, -0.2) is 10.2 Å². The molecule has 17 heavy (non-hydrogen) atoms. The Morgan fingerprint density at radius 3 is 1.88 bits per heavy atom. The molecule has 0 unspecified atom stereocenters. The molecular formula is C15H22O2. The Morgan fingerprint density at radius 1 is 1.00 bits per heavy atom. The van der Waals surface area contributed by atoms with E-state index < -0.39 is 0 Å². The molecule has 2 nitrogen and oxygen atoms in total. The van der Waals surface area contributed by atoms with Crippen molar-refractivity contribution in [2.75, 3.05) is 0 Å². The van der Waals surface area contributed by atoms with Crippen LogP contribution in [0.3, 0.4) is 0 Å². The third kappa shape index (κ3) is 2.63. The molecule has 0 radical (unpaired) electrons. The van der Waals surface area contributed by atoms with Crippen LogP contribution in [0.25, 0.3) is 0 Å². The fraction of sp³-hybridized carbons (Fsp3) is 0.467. The van der Waals surface area contributed by atoms with Crippen molar-refractivity contribution in [1.82, 2.24) is 0 Å². The molecule has 0 spiro atoms. The van der Waals surface area contributed by atoms with Crippen LogP contribution in [0, 0.1) is 0 Å². The number of phenolic OH excluding ortho intramolecular Hbond substituents is 2. The molecule has 0 fully saturated rings.